The number of H-pyrrole nitrogens is 1. The van der Waals surface area contributed by atoms with Crippen molar-refractivity contribution in [3.05, 3.63) is 60.6 Å². The first-order valence-electron chi connectivity index (χ1n) is 9.65. The molecule has 1 saturated heterocycles. The Morgan fingerprint density at radius 2 is 1.87 bits per heavy atom. The standard InChI is InChI=1S/C21H18F2N6O/c22-13-1-2-19(15(23)11-13)30-14-5-9-29(10-6-14)21-20(17-4-8-25-28-17)26-18-12-24-7-3-16(18)27-21/h1-4,7-8,11-12,14H,5-6,9-10H2,(H,25,28). The highest BCUT2D eigenvalue weighted by Crippen LogP contribution is 2.31. The van der Waals surface area contributed by atoms with E-state index in [2.05, 4.69) is 20.1 Å². The van der Waals surface area contributed by atoms with Crippen LogP contribution in [-0.2, 0) is 0 Å². The number of nitrogens with one attached hydrogen (secondary N) is 1. The molecule has 0 spiro atoms. The van der Waals surface area contributed by atoms with Gasteiger partial charge in [0.25, 0.3) is 0 Å². The summed E-state index contributed by atoms with van der Waals surface area (Å²) in [7, 11) is 0. The molecule has 0 saturated carbocycles. The summed E-state index contributed by atoms with van der Waals surface area (Å²) in [6, 6.07) is 7.04. The molecular formula is C21H18F2N6O. The van der Waals surface area contributed by atoms with Crippen molar-refractivity contribution < 1.29 is 13.5 Å². The number of aromatic nitrogens is 5. The van der Waals surface area contributed by atoms with Crippen LogP contribution in [0, 0.1) is 11.6 Å². The van der Waals surface area contributed by atoms with Crippen molar-refractivity contribution >= 4 is 16.9 Å². The maximum Gasteiger partial charge on any atom is 0.167 e. The molecule has 0 amide bonds. The van der Waals surface area contributed by atoms with Gasteiger partial charge < -0.3 is 9.64 Å². The van der Waals surface area contributed by atoms with Crippen LogP contribution in [-0.4, -0.2) is 44.3 Å². The van der Waals surface area contributed by atoms with Crippen LogP contribution in [0.4, 0.5) is 14.6 Å². The van der Waals surface area contributed by atoms with E-state index in [9.17, 15) is 8.78 Å². The van der Waals surface area contributed by atoms with Gasteiger partial charge in [-0.1, -0.05) is 0 Å². The van der Waals surface area contributed by atoms with Gasteiger partial charge in [-0.05, 0) is 24.3 Å². The molecule has 4 aromatic rings. The van der Waals surface area contributed by atoms with E-state index in [1.165, 1.54) is 12.1 Å². The minimum atomic E-state index is -0.687. The summed E-state index contributed by atoms with van der Waals surface area (Å²) in [6.07, 6.45) is 6.24. The molecule has 1 aliphatic rings. The molecule has 152 valence electrons. The SMILES string of the molecule is Fc1ccc(OC2CCN(c3nc4ccncc4nc3-c3ccn[nH]3)CC2)c(F)c1. The first kappa shape index (κ1) is 18.4. The smallest absolute Gasteiger partial charge is 0.167 e. The summed E-state index contributed by atoms with van der Waals surface area (Å²) in [4.78, 5) is 15.8. The second-order valence-electron chi connectivity index (χ2n) is 7.11. The molecule has 7 nitrogen and oxygen atoms in total. The van der Waals surface area contributed by atoms with Gasteiger partial charge >= 0.3 is 0 Å². The lowest BCUT2D eigenvalue weighted by atomic mass is 10.1. The second-order valence-corrected chi connectivity index (χ2v) is 7.11. The summed E-state index contributed by atoms with van der Waals surface area (Å²) in [6.45, 7) is 1.33. The Morgan fingerprint density at radius 3 is 2.63 bits per heavy atom. The molecule has 1 N–H and O–H groups in total. The van der Waals surface area contributed by atoms with Crippen molar-refractivity contribution in [3.63, 3.8) is 0 Å². The summed E-state index contributed by atoms with van der Waals surface area (Å²) in [5, 5.41) is 6.98. The number of rotatable bonds is 4. The van der Waals surface area contributed by atoms with Crippen LogP contribution in [0.15, 0.2) is 48.9 Å². The maximum atomic E-state index is 13.9. The van der Waals surface area contributed by atoms with Gasteiger partial charge in [-0.2, -0.15) is 5.10 Å². The Labute approximate surface area is 170 Å². The topological polar surface area (TPSA) is 79.8 Å². The monoisotopic (exact) mass is 408 g/mol. The number of halogens is 2. The average Bonchev–Trinajstić information content (AvgIpc) is 3.30. The number of hydrogen-bond acceptors (Lipinski definition) is 6. The molecule has 1 aromatic carbocycles. The second kappa shape index (κ2) is 7.66. The van der Waals surface area contributed by atoms with Gasteiger partial charge in [0.1, 0.15) is 23.1 Å². The number of piperidine rings is 1. The van der Waals surface area contributed by atoms with Gasteiger partial charge in [-0.3, -0.25) is 10.1 Å². The molecule has 0 aliphatic carbocycles. The molecule has 0 atom stereocenters. The van der Waals surface area contributed by atoms with Crippen LogP contribution in [0.5, 0.6) is 5.75 Å². The Morgan fingerprint density at radius 1 is 1.00 bits per heavy atom. The van der Waals surface area contributed by atoms with Crippen LogP contribution >= 0.6 is 0 Å². The lowest BCUT2D eigenvalue weighted by molar-refractivity contribution is 0.163. The van der Waals surface area contributed by atoms with Gasteiger partial charge in [0.15, 0.2) is 17.4 Å². The zero-order valence-electron chi connectivity index (χ0n) is 15.9. The molecule has 0 bridgehead atoms. The Hall–Kier alpha value is -3.62. The van der Waals surface area contributed by atoms with Crippen LogP contribution < -0.4 is 9.64 Å². The van der Waals surface area contributed by atoms with E-state index in [1.54, 1.807) is 18.6 Å². The van der Waals surface area contributed by atoms with E-state index in [1.807, 2.05) is 12.1 Å². The minimum absolute atomic E-state index is 0.0750. The predicted molar refractivity (Wildman–Crippen MR) is 107 cm³/mol. The third kappa shape index (κ3) is 3.54. The quantitative estimate of drug-likeness (QED) is 0.554. The fourth-order valence-electron chi connectivity index (χ4n) is 3.62. The Bertz CT molecular complexity index is 1180. The molecule has 9 heteroatoms. The number of hydrogen-bond donors (Lipinski definition) is 1. The van der Waals surface area contributed by atoms with Crippen molar-refractivity contribution in [2.24, 2.45) is 0 Å². The largest absolute Gasteiger partial charge is 0.487 e. The van der Waals surface area contributed by atoms with Crippen molar-refractivity contribution in [2.45, 2.75) is 18.9 Å². The van der Waals surface area contributed by atoms with Crippen molar-refractivity contribution in [3.8, 4) is 17.1 Å². The van der Waals surface area contributed by atoms with E-state index in [-0.39, 0.29) is 11.9 Å². The number of fused-ring (bicyclic) bond motifs is 1. The third-order valence-electron chi connectivity index (χ3n) is 5.13. The number of anilines is 1. The molecule has 4 heterocycles. The lowest BCUT2D eigenvalue weighted by Gasteiger charge is -2.33. The first-order valence-corrected chi connectivity index (χ1v) is 9.65. The van der Waals surface area contributed by atoms with Gasteiger partial charge in [-0.15, -0.1) is 0 Å². The number of benzene rings is 1. The van der Waals surface area contributed by atoms with Crippen LogP contribution in [0.3, 0.4) is 0 Å². The van der Waals surface area contributed by atoms with Crippen molar-refractivity contribution in [1.29, 1.82) is 0 Å². The van der Waals surface area contributed by atoms with E-state index in [0.717, 1.165) is 23.1 Å². The van der Waals surface area contributed by atoms with Gasteiger partial charge in [-0.25, -0.2) is 18.7 Å². The summed E-state index contributed by atoms with van der Waals surface area (Å²) >= 11 is 0. The minimum Gasteiger partial charge on any atom is -0.487 e. The molecule has 1 fully saturated rings. The molecule has 0 radical (unpaired) electrons. The number of aromatic amines is 1. The highest BCUT2D eigenvalue weighted by molar-refractivity contribution is 5.81. The molecular weight excluding hydrogens is 390 g/mol. The highest BCUT2D eigenvalue weighted by atomic mass is 19.1. The number of nitrogens with zero attached hydrogens (tertiary/aromatic N) is 5. The number of pyridine rings is 1. The van der Waals surface area contributed by atoms with Crippen molar-refractivity contribution in [2.75, 3.05) is 18.0 Å². The normalized spacial score (nSPS) is 14.9. The fraction of sp³-hybridized carbons (Fsp3) is 0.238. The molecule has 5 rings (SSSR count). The van der Waals surface area contributed by atoms with Crippen molar-refractivity contribution in [1.82, 2.24) is 25.1 Å². The first-order chi connectivity index (χ1) is 14.7. The van der Waals surface area contributed by atoms with E-state index >= 15 is 0 Å². The zero-order valence-corrected chi connectivity index (χ0v) is 15.9. The highest BCUT2D eigenvalue weighted by Gasteiger charge is 2.26. The Balaban J connectivity index is 1.38. The van der Waals surface area contributed by atoms with Crippen LogP contribution in [0.2, 0.25) is 0 Å². The maximum absolute atomic E-state index is 13.9. The molecule has 3 aromatic heterocycles. The lowest BCUT2D eigenvalue weighted by Crippen LogP contribution is -2.39. The summed E-state index contributed by atoms with van der Waals surface area (Å²) < 4.78 is 32.8. The fourth-order valence-corrected chi connectivity index (χ4v) is 3.62. The average molecular weight is 408 g/mol. The zero-order chi connectivity index (χ0) is 20.5. The van der Waals surface area contributed by atoms with E-state index in [0.29, 0.717) is 37.1 Å². The van der Waals surface area contributed by atoms with Crippen LogP contribution in [0.1, 0.15) is 12.8 Å². The summed E-state index contributed by atoms with van der Waals surface area (Å²) in [5.74, 6) is -0.477. The molecule has 1 aliphatic heterocycles. The third-order valence-corrected chi connectivity index (χ3v) is 5.13. The van der Waals surface area contributed by atoms with E-state index in [4.69, 9.17) is 14.7 Å². The van der Waals surface area contributed by atoms with Gasteiger partial charge in [0.05, 0.1) is 17.4 Å². The predicted octanol–water partition coefficient (Wildman–Crippen LogP) is 3.74. The Kier molecular flexibility index (Phi) is 4.70. The summed E-state index contributed by atoms with van der Waals surface area (Å²) in [5.41, 5.74) is 2.94. The molecule has 30 heavy (non-hydrogen) atoms. The van der Waals surface area contributed by atoms with Gasteiger partial charge in [0.2, 0.25) is 0 Å². The molecule has 0 unspecified atom stereocenters. The van der Waals surface area contributed by atoms with E-state index < -0.39 is 11.6 Å². The number of ether oxygens (including phenoxy) is 1. The van der Waals surface area contributed by atoms with Gasteiger partial charge in [0, 0.05) is 44.4 Å². The van der Waals surface area contributed by atoms with Crippen LogP contribution in [0.25, 0.3) is 22.4 Å².